The number of benzene rings is 2. The van der Waals surface area contributed by atoms with Crippen molar-refractivity contribution in [2.24, 2.45) is 0 Å². The number of aromatic carboxylic acids is 1. The van der Waals surface area contributed by atoms with Gasteiger partial charge in [-0.3, -0.25) is 0 Å². The zero-order valence-electron chi connectivity index (χ0n) is 12.4. The Labute approximate surface area is 128 Å². The summed E-state index contributed by atoms with van der Waals surface area (Å²) in [5.74, 6) is -0.945. The second kappa shape index (κ2) is 5.48. The van der Waals surface area contributed by atoms with Crippen LogP contribution in [-0.2, 0) is 0 Å². The lowest BCUT2D eigenvalue weighted by Crippen LogP contribution is -2.16. The fourth-order valence-electron chi connectivity index (χ4n) is 2.65. The summed E-state index contributed by atoms with van der Waals surface area (Å²) in [4.78, 5) is 18.4. The topological polar surface area (TPSA) is 53.4 Å². The van der Waals surface area contributed by atoms with Gasteiger partial charge in [0.05, 0.1) is 22.5 Å². The molecule has 0 bridgehead atoms. The number of pyridine rings is 1. The average molecular weight is 292 g/mol. The maximum Gasteiger partial charge on any atom is 0.338 e. The number of fused-ring (bicyclic) bond motifs is 1. The molecule has 3 rings (SSSR count). The van der Waals surface area contributed by atoms with E-state index >= 15 is 0 Å². The average Bonchev–Trinajstić information content (AvgIpc) is 2.53. The first-order valence-electron chi connectivity index (χ1n) is 6.98. The Kier molecular flexibility index (Phi) is 3.51. The summed E-state index contributed by atoms with van der Waals surface area (Å²) in [5, 5.41) is 10.4. The van der Waals surface area contributed by atoms with E-state index in [4.69, 9.17) is 4.98 Å². The number of rotatable bonds is 3. The number of hydrogen-bond donors (Lipinski definition) is 1. The minimum absolute atomic E-state index is 0.287. The Balaban J connectivity index is 2.46. The van der Waals surface area contributed by atoms with Crippen molar-refractivity contribution in [1.82, 2.24) is 4.98 Å². The molecule has 110 valence electrons. The summed E-state index contributed by atoms with van der Waals surface area (Å²) in [5.41, 5.74) is 3.18. The maximum atomic E-state index is 11.9. The Bertz CT molecular complexity index is 842. The van der Waals surface area contributed by atoms with Gasteiger partial charge in [-0.2, -0.15) is 0 Å². The van der Waals surface area contributed by atoms with Crippen LogP contribution in [0, 0.1) is 0 Å². The minimum Gasteiger partial charge on any atom is -0.478 e. The van der Waals surface area contributed by atoms with Gasteiger partial charge < -0.3 is 10.0 Å². The second-order valence-electron chi connectivity index (χ2n) is 5.27. The molecule has 0 radical (unpaired) electrons. The van der Waals surface area contributed by atoms with Gasteiger partial charge in [0.2, 0.25) is 0 Å². The van der Waals surface area contributed by atoms with E-state index in [1.54, 1.807) is 6.07 Å². The highest BCUT2D eigenvalue weighted by Crippen LogP contribution is 2.35. The van der Waals surface area contributed by atoms with Crippen LogP contribution >= 0.6 is 0 Å². The van der Waals surface area contributed by atoms with Gasteiger partial charge >= 0.3 is 5.97 Å². The third kappa shape index (κ3) is 2.29. The number of carboxylic acids is 1. The van der Waals surface area contributed by atoms with Crippen molar-refractivity contribution in [3.8, 4) is 11.3 Å². The van der Waals surface area contributed by atoms with Crippen molar-refractivity contribution in [2.75, 3.05) is 19.0 Å². The van der Waals surface area contributed by atoms with Crippen molar-refractivity contribution in [1.29, 1.82) is 0 Å². The summed E-state index contributed by atoms with van der Waals surface area (Å²) in [6.07, 6.45) is 0. The van der Waals surface area contributed by atoms with Crippen molar-refractivity contribution < 1.29 is 9.90 Å². The van der Waals surface area contributed by atoms with Gasteiger partial charge in [0.1, 0.15) is 0 Å². The van der Waals surface area contributed by atoms with E-state index in [0.29, 0.717) is 22.3 Å². The zero-order chi connectivity index (χ0) is 15.7. The molecule has 0 fully saturated rings. The molecule has 1 aromatic heterocycles. The van der Waals surface area contributed by atoms with Crippen LogP contribution < -0.4 is 4.90 Å². The third-order valence-electron chi connectivity index (χ3n) is 3.58. The van der Waals surface area contributed by atoms with Crippen LogP contribution in [0.3, 0.4) is 0 Å². The Morgan fingerprint density at radius 1 is 1.00 bits per heavy atom. The standard InChI is InChI=1S/C18H16N2O2/c1-20(2)17-15(18(21)22)13-10-6-7-11-14(13)19-16(17)12-8-4-3-5-9-12/h3-11H,1-2H3,(H,21,22). The third-order valence-corrected chi connectivity index (χ3v) is 3.58. The smallest absolute Gasteiger partial charge is 0.338 e. The van der Waals surface area contributed by atoms with Gasteiger partial charge in [-0.15, -0.1) is 0 Å². The monoisotopic (exact) mass is 292 g/mol. The first kappa shape index (κ1) is 14.1. The minimum atomic E-state index is -0.945. The largest absolute Gasteiger partial charge is 0.478 e. The van der Waals surface area contributed by atoms with E-state index in [0.717, 1.165) is 5.56 Å². The molecule has 0 saturated carbocycles. The highest BCUT2D eigenvalue weighted by molar-refractivity contribution is 6.10. The molecule has 4 heteroatoms. The molecule has 0 saturated heterocycles. The van der Waals surface area contributed by atoms with Crippen LogP contribution in [0.15, 0.2) is 54.6 Å². The number of hydrogen-bond acceptors (Lipinski definition) is 3. The van der Waals surface area contributed by atoms with Crippen LogP contribution in [0.25, 0.3) is 22.2 Å². The summed E-state index contributed by atoms with van der Waals surface area (Å²) in [6, 6.07) is 17.0. The SMILES string of the molecule is CN(C)c1c(-c2ccccc2)nc2ccccc2c1C(=O)O. The number of carboxylic acid groups (broad SMARTS) is 1. The molecule has 0 aliphatic carbocycles. The lowest BCUT2D eigenvalue weighted by atomic mass is 10.0. The zero-order valence-corrected chi connectivity index (χ0v) is 12.4. The number of carbonyl (C=O) groups is 1. The number of aromatic nitrogens is 1. The Morgan fingerprint density at radius 2 is 1.64 bits per heavy atom. The molecule has 0 aliphatic heterocycles. The van der Waals surface area contributed by atoms with Crippen molar-refractivity contribution in [3.05, 3.63) is 60.2 Å². The predicted molar refractivity (Wildman–Crippen MR) is 88.5 cm³/mol. The van der Waals surface area contributed by atoms with E-state index < -0.39 is 5.97 Å². The Morgan fingerprint density at radius 3 is 2.27 bits per heavy atom. The maximum absolute atomic E-state index is 11.9. The van der Waals surface area contributed by atoms with E-state index in [1.807, 2.05) is 67.5 Å². The van der Waals surface area contributed by atoms with Crippen molar-refractivity contribution in [3.63, 3.8) is 0 Å². The molecule has 1 N–H and O–H groups in total. The molecule has 0 aliphatic rings. The molecule has 2 aromatic carbocycles. The first-order valence-corrected chi connectivity index (χ1v) is 6.98. The fraction of sp³-hybridized carbons (Fsp3) is 0.111. The van der Waals surface area contributed by atoms with Crippen molar-refractivity contribution >= 4 is 22.6 Å². The summed E-state index contributed by atoms with van der Waals surface area (Å²) < 4.78 is 0. The van der Waals surface area contributed by atoms with E-state index in [2.05, 4.69) is 0 Å². The lowest BCUT2D eigenvalue weighted by Gasteiger charge is -2.21. The van der Waals surface area contributed by atoms with Crippen LogP contribution in [0.2, 0.25) is 0 Å². The molecule has 0 spiro atoms. The normalized spacial score (nSPS) is 10.6. The molecular weight excluding hydrogens is 276 g/mol. The molecule has 0 atom stereocenters. The van der Waals surface area contributed by atoms with E-state index in [1.165, 1.54) is 0 Å². The van der Waals surface area contributed by atoms with Gasteiger partial charge in [-0.1, -0.05) is 48.5 Å². The van der Waals surface area contributed by atoms with Gasteiger partial charge in [0.25, 0.3) is 0 Å². The number of anilines is 1. The predicted octanol–water partition coefficient (Wildman–Crippen LogP) is 3.67. The first-order chi connectivity index (χ1) is 10.6. The number of nitrogens with zero attached hydrogens (tertiary/aromatic N) is 2. The van der Waals surface area contributed by atoms with Gasteiger partial charge in [0, 0.05) is 25.0 Å². The Hall–Kier alpha value is -2.88. The van der Waals surface area contributed by atoms with Crippen LogP contribution in [0.5, 0.6) is 0 Å². The lowest BCUT2D eigenvalue weighted by molar-refractivity contribution is 0.0699. The van der Waals surface area contributed by atoms with Crippen LogP contribution in [0.4, 0.5) is 5.69 Å². The molecular formula is C18H16N2O2. The highest BCUT2D eigenvalue weighted by atomic mass is 16.4. The van der Waals surface area contributed by atoms with E-state index in [-0.39, 0.29) is 5.56 Å². The molecule has 22 heavy (non-hydrogen) atoms. The number of para-hydroxylation sites is 1. The van der Waals surface area contributed by atoms with Gasteiger partial charge in [-0.25, -0.2) is 9.78 Å². The van der Waals surface area contributed by atoms with Crippen LogP contribution in [0.1, 0.15) is 10.4 Å². The summed E-state index contributed by atoms with van der Waals surface area (Å²) >= 11 is 0. The molecule has 4 nitrogen and oxygen atoms in total. The summed E-state index contributed by atoms with van der Waals surface area (Å²) in [7, 11) is 3.68. The fourth-order valence-corrected chi connectivity index (χ4v) is 2.65. The van der Waals surface area contributed by atoms with Crippen LogP contribution in [-0.4, -0.2) is 30.2 Å². The van der Waals surface area contributed by atoms with Gasteiger partial charge in [-0.05, 0) is 6.07 Å². The van der Waals surface area contributed by atoms with Gasteiger partial charge in [0.15, 0.2) is 0 Å². The highest BCUT2D eigenvalue weighted by Gasteiger charge is 2.22. The molecule has 3 aromatic rings. The van der Waals surface area contributed by atoms with E-state index in [9.17, 15) is 9.90 Å². The summed E-state index contributed by atoms with van der Waals surface area (Å²) in [6.45, 7) is 0. The molecule has 0 amide bonds. The molecule has 0 unspecified atom stereocenters. The van der Waals surface area contributed by atoms with Crippen molar-refractivity contribution in [2.45, 2.75) is 0 Å². The quantitative estimate of drug-likeness (QED) is 0.800. The second-order valence-corrected chi connectivity index (χ2v) is 5.27. The molecule has 1 heterocycles.